The highest BCUT2D eigenvalue weighted by Crippen LogP contribution is 2.30. The first-order chi connectivity index (χ1) is 24.6. The lowest BCUT2D eigenvalue weighted by Gasteiger charge is -2.34. The third-order valence-corrected chi connectivity index (χ3v) is 9.77. The number of hydrogen-bond donors (Lipinski definition) is 3. The number of amides is 1. The van der Waals surface area contributed by atoms with E-state index in [4.69, 9.17) is 14.2 Å². The van der Waals surface area contributed by atoms with Gasteiger partial charge in [-0.2, -0.15) is 0 Å². The van der Waals surface area contributed by atoms with Gasteiger partial charge in [-0.1, -0.05) is 89.0 Å². The van der Waals surface area contributed by atoms with Gasteiger partial charge in [0.1, 0.15) is 24.0 Å². The molecule has 0 spiro atoms. The van der Waals surface area contributed by atoms with E-state index < -0.39 is 51.0 Å². The molecule has 0 radical (unpaired) electrons. The highest BCUT2D eigenvalue weighted by Gasteiger charge is 2.49. The van der Waals surface area contributed by atoms with Crippen molar-refractivity contribution in [1.82, 2.24) is 10.0 Å². The number of allylic oxidation sites excluding steroid dienone is 1. The van der Waals surface area contributed by atoms with Crippen LogP contribution in [0.15, 0.2) is 36.4 Å². The van der Waals surface area contributed by atoms with Gasteiger partial charge in [-0.15, -0.1) is 5.92 Å². The van der Waals surface area contributed by atoms with Crippen LogP contribution in [0.2, 0.25) is 0 Å². The first kappa shape index (κ1) is 46.6. The molecule has 1 aromatic carbocycles. The summed E-state index contributed by atoms with van der Waals surface area (Å²) in [6, 6.07) is 5.90. The molecule has 52 heavy (non-hydrogen) atoms. The number of aliphatic hydroxyl groups is 1. The van der Waals surface area contributed by atoms with Gasteiger partial charge in [0.2, 0.25) is 15.9 Å². The molecule has 1 amide bonds. The minimum absolute atomic E-state index is 0.0595. The molecule has 0 fully saturated rings. The SMILES string of the molecule is CC#CCOc1ccc(C[C@H](NC(=O)[C@@H](/C=C/CCCCCNS(=O)(=O)CCCCCCCC)[C@@](O)(CCC)C(=O)OC(C)(C)C)C(=O)OC)cc1. The number of ether oxygens (including phenoxy) is 3. The van der Waals surface area contributed by atoms with Crippen molar-refractivity contribution < 1.29 is 42.1 Å². The molecule has 0 aliphatic carbocycles. The predicted octanol–water partition coefficient (Wildman–Crippen LogP) is 6.17. The molecule has 1 aromatic rings. The van der Waals surface area contributed by atoms with Gasteiger partial charge in [-0.25, -0.2) is 22.7 Å². The van der Waals surface area contributed by atoms with E-state index in [2.05, 4.69) is 28.8 Å². The van der Waals surface area contributed by atoms with Crippen molar-refractivity contribution in [3.8, 4) is 17.6 Å². The van der Waals surface area contributed by atoms with Gasteiger partial charge in [-0.3, -0.25) is 4.79 Å². The fraction of sp³-hybridized carbons (Fsp3) is 0.675. The van der Waals surface area contributed by atoms with Crippen molar-refractivity contribution in [3.05, 3.63) is 42.0 Å². The molecule has 0 heterocycles. The summed E-state index contributed by atoms with van der Waals surface area (Å²) in [5.74, 6) is 2.59. The van der Waals surface area contributed by atoms with E-state index in [-0.39, 0.29) is 25.2 Å². The van der Waals surface area contributed by atoms with Gasteiger partial charge in [0, 0.05) is 13.0 Å². The van der Waals surface area contributed by atoms with Crippen molar-refractivity contribution in [2.24, 2.45) is 5.92 Å². The van der Waals surface area contributed by atoms with E-state index in [0.29, 0.717) is 44.4 Å². The Morgan fingerprint density at radius 1 is 0.942 bits per heavy atom. The largest absolute Gasteiger partial charge is 0.481 e. The Morgan fingerprint density at radius 2 is 1.60 bits per heavy atom. The molecule has 3 atom stereocenters. The Hall–Kier alpha value is -3.40. The maximum Gasteiger partial charge on any atom is 0.339 e. The van der Waals surface area contributed by atoms with E-state index in [1.54, 1.807) is 65.0 Å². The number of carbonyl (C=O) groups is 3. The number of methoxy groups -OCH3 is 1. The second-order valence-electron chi connectivity index (χ2n) is 14.1. The van der Waals surface area contributed by atoms with Crippen LogP contribution in [0.4, 0.5) is 0 Å². The average molecular weight is 749 g/mol. The number of rotatable bonds is 26. The topological polar surface area (TPSA) is 157 Å². The van der Waals surface area contributed by atoms with Crippen LogP contribution in [-0.2, 0) is 40.3 Å². The molecule has 11 nitrogen and oxygen atoms in total. The molecule has 0 aromatic heterocycles. The molecule has 0 bridgehead atoms. The Morgan fingerprint density at radius 3 is 2.21 bits per heavy atom. The van der Waals surface area contributed by atoms with Gasteiger partial charge >= 0.3 is 11.9 Å². The molecule has 12 heteroatoms. The summed E-state index contributed by atoms with van der Waals surface area (Å²) < 4.78 is 43.5. The molecule has 1 rings (SSSR count). The van der Waals surface area contributed by atoms with E-state index in [1.165, 1.54) is 19.6 Å². The van der Waals surface area contributed by atoms with Crippen LogP contribution >= 0.6 is 0 Å². The smallest absolute Gasteiger partial charge is 0.339 e. The maximum absolute atomic E-state index is 14.0. The van der Waals surface area contributed by atoms with Crippen molar-refractivity contribution in [2.45, 2.75) is 142 Å². The van der Waals surface area contributed by atoms with Gasteiger partial charge in [0.05, 0.1) is 18.8 Å². The minimum atomic E-state index is -3.30. The molecule has 0 aliphatic heterocycles. The summed E-state index contributed by atoms with van der Waals surface area (Å²) >= 11 is 0. The lowest BCUT2D eigenvalue weighted by Crippen LogP contribution is -2.56. The second-order valence-corrected chi connectivity index (χ2v) is 16.0. The zero-order valence-electron chi connectivity index (χ0n) is 32.6. The van der Waals surface area contributed by atoms with E-state index in [9.17, 15) is 27.9 Å². The van der Waals surface area contributed by atoms with E-state index in [1.807, 2.05) is 0 Å². The number of nitrogens with one attached hydrogen (secondary N) is 2. The zero-order valence-corrected chi connectivity index (χ0v) is 33.4. The monoisotopic (exact) mass is 748 g/mol. The van der Waals surface area contributed by atoms with Crippen molar-refractivity contribution >= 4 is 27.9 Å². The molecule has 294 valence electrons. The van der Waals surface area contributed by atoms with Crippen LogP contribution in [0.25, 0.3) is 0 Å². The van der Waals surface area contributed by atoms with Crippen LogP contribution in [0.3, 0.4) is 0 Å². The Balaban J connectivity index is 3.02. The quantitative estimate of drug-likeness (QED) is 0.0436. The number of unbranched alkanes of at least 4 members (excludes halogenated alkanes) is 8. The fourth-order valence-electron chi connectivity index (χ4n) is 5.51. The number of sulfonamides is 1. The number of benzene rings is 1. The third kappa shape index (κ3) is 18.9. The number of carbonyl (C=O) groups excluding carboxylic acids is 3. The summed E-state index contributed by atoms with van der Waals surface area (Å²) in [6.07, 6.45) is 12.3. The molecule has 0 saturated carbocycles. The first-order valence-corrected chi connectivity index (χ1v) is 20.4. The van der Waals surface area contributed by atoms with E-state index >= 15 is 0 Å². The molecule has 0 saturated heterocycles. The summed E-state index contributed by atoms with van der Waals surface area (Å²) in [6.45, 7) is 11.3. The molecule has 0 unspecified atom stereocenters. The normalized spacial score (nSPS) is 14.1. The highest BCUT2D eigenvalue weighted by atomic mass is 32.2. The average Bonchev–Trinajstić information content (AvgIpc) is 3.08. The molecule has 3 N–H and O–H groups in total. The van der Waals surface area contributed by atoms with Gasteiger partial charge in [0.15, 0.2) is 5.60 Å². The van der Waals surface area contributed by atoms with Crippen LogP contribution in [0, 0.1) is 17.8 Å². The van der Waals surface area contributed by atoms with E-state index in [0.717, 1.165) is 37.7 Å². The predicted molar refractivity (Wildman–Crippen MR) is 205 cm³/mol. The van der Waals surface area contributed by atoms with Crippen molar-refractivity contribution in [1.29, 1.82) is 0 Å². The summed E-state index contributed by atoms with van der Waals surface area (Å²) in [5, 5.41) is 14.6. The summed E-state index contributed by atoms with van der Waals surface area (Å²) in [4.78, 5) is 40.3. The van der Waals surface area contributed by atoms with Crippen LogP contribution in [-0.4, -0.2) is 74.6 Å². The summed E-state index contributed by atoms with van der Waals surface area (Å²) in [5.41, 5.74) is -2.41. The lowest BCUT2D eigenvalue weighted by molar-refractivity contribution is -0.184. The third-order valence-electron chi connectivity index (χ3n) is 8.30. The standard InChI is InChI=1S/C40H64N2O9S/c1-8-11-13-14-18-21-30-52(47,48)41-28-20-17-15-16-19-22-34(40(46,27-10-3)38(45)51-39(4,5)6)36(43)42-35(37(44)49-7)31-32-23-25-33(26-24-32)50-29-12-9-2/h19,22-26,34-35,41,46H,8,10-11,13-18,20-21,27-31H2,1-7H3,(H,42,43)/b22-19+/t34-,35+,40+/m1/s1. The highest BCUT2D eigenvalue weighted by molar-refractivity contribution is 7.89. The van der Waals surface area contributed by atoms with Gasteiger partial charge < -0.3 is 24.6 Å². The number of hydrogen-bond acceptors (Lipinski definition) is 9. The van der Waals surface area contributed by atoms with Gasteiger partial charge in [0.25, 0.3) is 0 Å². The first-order valence-electron chi connectivity index (χ1n) is 18.7. The lowest BCUT2D eigenvalue weighted by atomic mass is 9.81. The van der Waals surface area contributed by atoms with Crippen molar-refractivity contribution in [2.75, 3.05) is 26.0 Å². The Labute approximate surface area is 313 Å². The summed E-state index contributed by atoms with van der Waals surface area (Å²) in [7, 11) is -2.08. The number of esters is 2. The van der Waals surface area contributed by atoms with Crippen LogP contribution in [0.5, 0.6) is 5.75 Å². The van der Waals surface area contributed by atoms with Crippen LogP contribution < -0.4 is 14.8 Å². The van der Waals surface area contributed by atoms with Gasteiger partial charge in [-0.05, 0) is 77.5 Å². The molecule has 0 aliphatic rings. The molecular weight excluding hydrogens is 685 g/mol. The maximum atomic E-state index is 14.0. The Kier molecular flexibility index (Phi) is 22.2. The molecular formula is C40H64N2O9S. The van der Waals surface area contributed by atoms with Crippen LogP contribution in [0.1, 0.15) is 124 Å². The Bertz CT molecular complexity index is 1410. The zero-order chi connectivity index (χ0) is 39.0. The second kappa shape index (κ2) is 24.8. The fourth-order valence-corrected chi connectivity index (χ4v) is 6.69. The van der Waals surface area contributed by atoms with Crippen molar-refractivity contribution in [3.63, 3.8) is 0 Å². The minimum Gasteiger partial charge on any atom is -0.481 e.